The predicted octanol–water partition coefficient (Wildman–Crippen LogP) is 5.02. The first-order chi connectivity index (χ1) is 13.0. The molecule has 7 heteroatoms. The molecule has 0 fully saturated rings. The van der Waals surface area contributed by atoms with Crippen molar-refractivity contribution in [3.05, 3.63) is 58.9 Å². The molecule has 27 heavy (non-hydrogen) atoms. The SMILES string of the molecule is COC(=O)CCC(=O)Nc1ccc(-c2csc(-c3ccc(Cl)cc3)n2)cc1. The average Bonchev–Trinajstić information content (AvgIpc) is 3.17. The van der Waals surface area contributed by atoms with Gasteiger partial charge in [-0.3, -0.25) is 9.59 Å². The van der Waals surface area contributed by atoms with Crippen LogP contribution in [0.25, 0.3) is 21.8 Å². The zero-order valence-corrected chi connectivity index (χ0v) is 16.1. The molecule has 0 aliphatic heterocycles. The van der Waals surface area contributed by atoms with E-state index in [4.69, 9.17) is 11.6 Å². The molecule has 0 aliphatic rings. The van der Waals surface area contributed by atoms with Crippen LogP contribution in [0.5, 0.6) is 0 Å². The van der Waals surface area contributed by atoms with E-state index in [1.54, 1.807) is 11.3 Å². The van der Waals surface area contributed by atoms with Gasteiger partial charge in [-0.1, -0.05) is 35.9 Å². The summed E-state index contributed by atoms with van der Waals surface area (Å²) in [5.41, 5.74) is 3.51. The Morgan fingerprint density at radius 1 is 1.04 bits per heavy atom. The van der Waals surface area contributed by atoms with Crippen LogP contribution < -0.4 is 5.32 Å². The Kier molecular flexibility index (Phi) is 6.21. The van der Waals surface area contributed by atoms with E-state index < -0.39 is 5.97 Å². The second kappa shape index (κ2) is 8.79. The van der Waals surface area contributed by atoms with Crippen LogP contribution in [0.4, 0.5) is 5.69 Å². The van der Waals surface area contributed by atoms with Crippen molar-refractivity contribution in [2.24, 2.45) is 0 Å². The van der Waals surface area contributed by atoms with Crippen molar-refractivity contribution in [2.45, 2.75) is 12.8 Å². The van der Waals surface area contributed by atoms with E-state index in [0.717, 1.165) is 21.8 Å². The first-order valence-corrected chi connectivity index (χ1v) is 9.49. The molecule has 1 amide bonds. The number of benzene rings is 2. The van der Waals surface area contributed by atoms with E-state index in [1.807, 2.05) is 53.9 Å². The van der Waals surface area contributed by atoms with Crippen molar-refractivity contribution in [2.75, 3.05) is 12.4 Å². The number of carbonyl (C=O) groups excluding carboxylic acids is 2. The molecule has 0 bridgehead atoms. The van der Waals surface area contributed by atoms with E-state index in [1.165, 1.54) is 7.11 Å². The fourth-order valence-corrected chi connectivity index (χ4v) is 3.36. The molecule has 0 saturated heterocycles. The van der Waals surface area contributed by atoms with Crippen molar-refractivity contribution >= 4 is 40.5 Å². The predicted molar refractivity (Wildman–Crippen MR) is 108 cm³/mol. The van der Waals surface area contributed by atoms with Crippen LogP contribution in [0.2, 0.25) is 5.02 Å². The molecular formula is C20H17ClN2O3S. The van der Waals surface area contributed by atoms with Gasteiger partial charge >= 0.3 is 5.97 Å². The van der Waals surface area contributed by atoms with Gasteiger partial charge in [0.05, 0.1) is 19.2 Å². The zero-order valence-electron chi connectivity index (χ0n) is 14.6. The van der Waals surface area contributed by atoms with Gasteiger partial charge in [-0.2, -0.15) is 0 Å². The molecule has 0 radical (unpaired) electrons. The fourth-order valence-electron chi connectivity index (χ4n) is 2.40. The number of methoxy groups -OCH3 is 1. The average molecular weight is 401 g/mol. The van der Waals surface area contributed by atoms with Gasteiger partial charge in [-0.05, 0) is 24.3 Å². The summed E-state index contributed by atoms with van der Waals surface area (Å²) in [6.07, 6.45) is 0.150. The third kappa shape index (κ3) is 5.15. The third-order valence-corrected chi connectivity index (χ3v) is 4.99. The molecule has 1 aromatic heterocycles. The molecule has 1 heterocycles. The largest absolute Gasteiger partial charge is 0.469 e. The minimum Gasteiger partial charge on any atom is -0.469 e. The summed E-state index contributed by atoms with van der Waals surface area (Å²) in [6, 6.07) is 15.0. The topological polar surface area (TPSA) is 68.3 Å². The van der Waals surface area contributed by atoms with E-state index in [2.05, 4.69) is 15.0 Å². The Labute approximate surface area is 166 Å². The zero-order chi connectivity index (χ0) is 19.2. The maximum atomic E-state index is 11.8. The Bertz CT molecular complexity index is 937. The van der Waals surface area contributed by atoms with Gasteiger partial charge in [0.15, 0.2) is 0 Å². The van der Waals surface area contributed by atoms with E-state index in [0.29, 0.717) is 10.7 Å². The van der Waals surface area contributed by atoms with Crippen LogP contribution in [-0.2, 0) is 14.3 Å². The lowest BCUT2D eigenvalue weighted by Gasteiger charge is -2.05. The van der Waals surface area contributed by atoms with Gasteiger partial charge in [0.25, 0.3) is 0 Å². The number of thiazole rings is 1. The maximum absolute atomic E-state index is 11.8. The summed E-state index contributed by atoms with van der Waals surface area (Å²) in [7, 11) is 1.30. The van der Waals surface area contributed by atoms with Crippen molar-refractivity contribution in [3.8, 4) is 21.8 Å². The second-order valence-electron chi connectivity index (χ2n) is 5.75. The van der Waals surface area contributed by atoms with Crippen LogP contribution in [-0.4, -0.2) is 24.0 Å². The molecule has 1 N–H and O–H groups in total. The Morgan fingerprint density at radius 3 is 2.37 bits per heavy atom. The number of amides is 1. The summed E-state index contributed by atoms with van der Waals surface area (Å²) in [5.74, 6) is -0.632. The number of rotatable bonds is 6. The molecule has 0 spiro atoms. The van der Waals surface area contributed by atoms with E-state index in [9.17, 15) is 9.59 Å². The lowest BCUT2D eigenvalue weighted by Crippen LogP contribution is -2.13. The number of anilines is 1. The monoisotopic (exact) mass is 400 g/mol. The third-order valence-electron chi connectivity index (χ3n) is 3.84. The number of aromatic nitrogens is 1. The summed E-state index contributed by atoms with van der Waals surface area (Å²) < 4.78 is 4.52. The Hall–Kier alpha value is -2.70. The van der Waals surface area contributed by atoms with Gasteiger partial charge in [-0.15, -0.1) is 11.3 Å². The number of hydrogen-bond acceptors (Lipinski definition) is 5. The van der Waals surface area contributed by atoms with Crippen LogP contribution >= 0.6 is 22.9 Å². The summed E-state index contributed by atoms with van der Waals surface area (Å²) in [4.78, 5) is 27.6. The molecule has 2 aromatic carbocycles. The van der Waals surface area contributed by atoms with Crippen molar-refractivity contribution in [1.29, 1.82) is 0 Å². The maximum Gasteiger partial charge on any atom is 0.306 e. The van der Waals surface area contributed by atoms with Gasteiger partial charge in [0.2, 0.25) is 5.91 Å². The van der Waals surface area contributed by atoms with Crippen molar-refractivity contribution < 1.29 is 14.3 Å². The number of esters is 1. The molecule has 0 unspecified atom stereocenters. The smallest absolute Gasteiger partial charge is 0.306 e. The highest BCUT2D eigenvalue weighted by molar-refractivity contribution is 7.13. The van der Waals surface area contributed by atoms with Gasteiger partial charge in [0.1, 0.15) is 5.01 Å². The quantitative estimate of drug-likeness (QED) is 0.590. The number of halogens is 1. The normalized spacial score (nSPS) is 10.4. The van der Waals surface area contributed by atoms with Crippen LogP contribution in [0.3, 0.4) is 0 Å². The van der Waals surface area contributed by atoms with Crippen molar-refractivity contribution in [3.63, 3.8) is 0 Å². The molecule has 3 rings (SSSR count). The molecule has 3 aromatic rings. The number of hydrogen-bond donors (Lipinski definition) is 1. The molecule has 138 valence electrons. The highest BCUT2D eigenvalue weighted by atomic mass is 35.5. The van der Waals surface area contributed by atoms with Crippen LogP contribution in [0, 0.1) is 0 Å². The molecule has 0 saturated carbocycles. The minimum atomic E-state index is -0.402. The summed E-state index contributed by atoms with van der Waals surface area (Å²) in [6.45, 7) is 0. The first kappa shape index (κ1) is 19.1. The molecule has 0 aliphatic carbocycles. The highest BCUT2D eigenvalue weighted by Gasteiger charge is 2.09. The van der Waals surface area contributed by atoms with Gasteiger partial charge in [0, 0.05) is 33.6 Å². The second-order valence-corrected chi connectivity index (χ2v) is 7.04. The fraction of sp³-hybridized carbons (Fsp3) is 0.150. The molecule has 5 nitrogen and oxygen atoms in total. The Balaban J connectivity index is 1.64. The number of ether oxygens (including phenoxy) is 1. The Morgan fingerprint density at radius 2 is 1.70 bits per heavy atom. The lowest BCUT2D eigenvalue weighted by molar-refractivity contribution is -0.141. The van der Waals surface area contributed by atoms with E-state index in [-0.39, 0.29) is 18.7 Å². The lowest BCUT2D eigenvalue weighted by atomic mass is 10.1. The van der Waals surface area contributed by atoms with Gasteiger partial charge in [-0.25, -0.2) is 4.98 Å². The van der Waals surface area contributed by atoms with Crippen LogP contribution in [0.1, 0.15) is 12.8 Å². The van der Waals surface area contributed by atoms with E-state index >= 15 is 0 Å². The number of nitrogens with zero attached hydrogens (tertiary/aromatic N) is 1. The van der Waals surface area contributed by atoms with Gasteiger partial charge < -0.3 is 10.1 Å². The highest BCUT2D eigenvalue weighted by Crippen LogP contribution is 2.30. The molecule has 0 atom stereocenters. The minimum absolute atomic E-state index is 0.0622. The summed E-state index contributed by atoms with van der Waals surface area (Å²) >= 11 is 7.49. The summed E-state index contributed by atoms with van der Waals surface area (Å²) in [5, 5.41) is 6.37. The number of carbonyl (C=O) groups is 2. The number of nitrogens with one attached hydrogen (secondary N) is 1. The molecular weight excluding hydrogens is 384 g/mol. The van der Waals surface area contributed by atoms with Crippen LogP contribution in [0.15, 0.2) is 53.9 Å². The first-order valence-electron chi connectivity index (χ1n) is 8.24. The standard InChI is InChI=1S/C20H17ClN2O3S/c1-26-19(25)11-10-18(24)22-16-8-4-13(5-9-16)17-12-27-20(23-17)14-2-6-15(21)7-3-14/h2-9,12H,10-11H2,1H3,(H,22,24). The van der Waals surface area contributed by atoms with Crippen molar-refractivity contribution in [1.82, 2.24) is 4.98 Å².